The Balaban J connectivity index is 2.30. The van der Waals surface area contributed by atoms with Crippen LogP contribution in [0.1, 0.15) is 25.5 Å². The molecule has 1 aromatic carbocycles. The lowest BCUT2D eigenvalue weighted by molar-refractivity contribution is 0.729. The van der Waals surface area contributed by atoms with Crippen molar-refractivity contribution in [2.45, 2.75) is 31.0 Å². The maximum Gasteiger partial charge on any atom is 0.0720 e. The van der Waals surface area contributed by atoms with Crippen molar-refractivity contribution < 1.29 is 0 Å². The monoisotopic (exact) mass is 278 g/mol. The molecular weight excluding hydrogens is 264 g/mol. The van der Waals surface area contributed by atoms with E-state index in [-0.39, 0.29) is 0 Å². The van der Waals surface area contributed by atoms with Gasteiger partial charge in [-0.25, -0.2) is 0 Å². The molecule has 0 spiro atoms. The third kappa shape index (κ3) is 2.59. The predicted molar refractivity (Wildman–Crippen MR) is 70.9 cm³/mol. The summed E-state index contributed by atoms with van der Waals surface area (Å²) in [6.45, 7) is 2.20. The summed E-state index contributed by atoms with van der Waals surface area (Å²) >= 11 is 3.69. The van der Waals surface area contributed by atoms with E-state index in [1.165, 1.54) is 23.6 Å². The van der Waals surface area contributed by atoms with E-state index in [1.807, 2.05) is 12.3 Å². The van der Waals surface area contributed by atoms with Crippen molar-refractivity contribution in [3.63, 3.8) is 0 Å². The summed E-state index contributed by atoms with van der Waals surface area (Å²) < 4.78 is 0. The maximum atomic E-state index is 4.25. The Morgan fingerprint density at radius 1 is 1.31 bits per heavy atom. The molecule has 2 nitrogen and oxygen atoms in total. The number of halogens is 1. The number of benzene rings is 1. The molecule has 1 aromatic heterocycles. The minimum atomic E-state index is 0.498. The third-order valence-corrected chi connectivity index (χ3v) is 3.45. The zero-order valence-electron chi connectivity index (χ0n) is 9.36. The molecule has 1 heterocycles. The van der Waals surface area contributed by atoms with E-state index in [2.05, 4.69) is 51.3 Å². The molecule has 0 amide bonds. The van der Waals surface area contributed by atoms with Crippen molar-refractivity contribution in [3.8, 4) is 0 Å². The van der Waals surface area contributed by atoms with Crippen molar-refractivity contribution >= 4 is 26.7 Å². The van der Waals surface area contributed by atoms with Gasteiger partial charge in [0.25, 0.3) is 0 Å². The van der Waals surface area contributed by atoms with Crippen LogP contribution in [-0.4, -0.2) is 15.0 Å². The summed E-state index contributed by atoms with van der Waals surface area (Å²) in [5, 5.41) is 10.7. The highest BCUT2D eigenvalue weighted by atomic mass is 79.9. The molecule has 3 heteroatoms. The third-order valence-electron chi connectivity index (χ3n) is 2.66. The van der Waals surface area contributed by atoms with Gasteiger partial charge in [-0.1, -0.05) is 53.5 Å². The fourth-order valence-electron chi connectivity index (χ4n) is 1.86. The summed E-state index contributed by atoms with van der Waals surface area (Å²) in [5.41, 5.74) is 1.09. The molecule has 0 saturated heterocycles. The van der Waals surface area contributed by atoms with Crippen LogP contribution < -0.4 is 0 Å². The number of rotatable bonds is 4. The minimum Gasteiger partial charge on any atom is -0.158 e. The largest absolute Gasteiger partial charge is 0.158 e. The van der Waals surface area contributed by atoms with Gasteiger partial charge in [-0.05, 0) is 6.42 Å². The Morgan fingerprint density at radius 2 is 2.12 bits per heavy atom. The average Bonchev–Trinajstić information content (AvgIpc) is 2.30. The summed E-state index contributed by atoms with van der Waals surface area (Å²) in [4.78, 5) is 0.498. The van der Waals surface area contributed by atoms with Gasteiger partial charge in [0.1, 0.15) is 0 Å². The predicted octanol–water partition coefficient (Wildman–Crippen LogP) is 3.74. The lowest BCUT2D eigenvalue weighted by atomic mass is 10.1. The smallest absolute Gasteiger partial charge is 0.0720 e. The number of hydrogen-bond acceptors (Lipinski definition) is 2. The van der Waals surface area contributed by atoms with Gasteiger partial charge in [0.15, 0.2) is 0 Å². The Labute approximate surface area is 104 Å². The topological polar surface area (TPSA) is 25.8 Å². The van der Waals surface area contributed by atoms with Crippen LogP contribution in [0.4, 0.5) is 0 Å². The molecule has 0 aliphatic rings. The molecule has 0 N–H and O–H groups in total. The Kier molecular flexibility index (Phi) is 3.88. The first kappa shape index (κ1) is 11.5. The van der Waals surface area contributed by atoms with Crippen LogP contribution in [0.25, 0.3) is 10.8 Å². The summed E-state index contributed by atoms with van der Waals surface area (Å²) in [6, 6.07) is 8.28. The first-order valence-corrected chi connectivity index (χ1v) is 6.56. The number of nitrogens with zero attached hydrogens (tertiary/aromatic N) is 2. The van der Waals surface area contributed by atoms with Crippen molar-refractivity contribution in [1.82, 2.24) is 10.2 Å². The molecular formula is C13H15BrN2. The Bertz CT molecular complexity index is 465. The fraction of sp³-hybridized carbons (Fsp3) is 0.385. The van der Waals surface area contributed by atoms with Gasteiger partial charge in [0.2, 0.25) is 0 Å². The summed E-state index contributed by atoms with van der Waals surface area (Å²) in [7, 11) is 0. The van der Waals surface area contributed by atoms with Gasteiger partial charge in [0.05, 0.1) is 11.9 Å². The first-order chi connectivity index (χ1) is 7.81. The molecule has 0 aliphatic heterocycles. The first-order valence-electron chi connectivity index (χ1n) is 5.64. The molecule has 1 atom stereocenters. The van der Waals surface area contributed by atoms with Gasteiger partial charge in [-0.3, -0.25) is 0 Å². The molecule has 0 radical (unpaired) electrons. The van der Waals surface area contributed by atoms with Crippen LogP contribution in [0.3, 0.4) is 0 Å². The van der Waals surface area contributed by atoms with E-state index in [0.29, 0.717) is 4.83 Å². The average molecular weight is 279 g/mol. The van der Waals surface area contributed by atoms with Gasteiger partial charge < -0.3 is 0 Å². The van der Waals surface area contributed by atoms with Crippen LogP contribution >= 0.6 is 15.9 Å². The van der Waals surface area contributed by atoms with Crippen molar-refractivity contribution in [3.05, 3.63) is 36.2 Å². The van der Waals surface area contributed by atoms with Crippen LogP contribution in [0.2, 0.25) is 0 Å². The van der Waals surface area contributed by atoms with Crippen LogP contribution in [0.5, 0.6) is 0 Å². The molecule has 84 valence electrons. The fourth-order valence-corrected chi connectivity index (χ4v) is 2.63. The zero-order valence-corrected chi connectivity index (χ0v) is 10.9. The van der Waals surface area contributed by atoms with Crippen molar-refractivity contribution in [1.29, 1.82) is 0 Å². The van der Waals surface area contributed by atoms with E-state index < -0.39 is 0 Å². The summed E-state index contributed by atoms with van der Waals surface area (Å²) in [6.07, 6.45) is 5.13. The lowest BCUT2D eigenvalue weighted by Crippen LogP contribution is -2.05. The second-order valence-electron chi connectivity index (χ2n) is 3.97. The number of fused-ring (bicyclic) bond motifs is 1. The van der Waals surface area contributed by atoms with E-state index in [1.54, 1.807) is 0 Å². The molecule has 16 heavy (non-hydrogen) atoms. The SMILES string of the molecule is CCCC(Br)Cc1nncc2ccccc12. The van der Waals surface area contributed by atoms with Crippen LogP contribution in [0, 0.1) is 0 Å². The quantitative estimate of drug-likeness (QED) is 0.797. The highest BCUT2D eigenvalue weighted by Crippen LogP contribution is 2.20. The van der Waals surface area contributed by atoms with E-state index in [4.69, 9.17) is 0 Å². The second kappa shape index (κ2) is 5.39. The van der Waals surface area contributed by atoms with E-state index >= 15 is 0 Å². The van der Waals surface area contributed by atoms with Crippen molar-refractivity contribution in [2.75, 3.05) is 0 Å². The highest BCUT2D eigenvalue weighted by molar-refractivity contribution is 9.09. The van der Waals surface area contributed by atoms with Gasteiger partial charge >= 0.3 is 0 Å². The lowest BCUT2D eigenvalue weighted by Gasteiger charge is -2.09. The molecule has 0 fully saturated rings. The molecule has 0 bridgehead atoms. The highest BCUT2D eigenvalue weighted by Gasteiger charge is 2.08. The molecule has 0 aliphatic carbocycles. The minimum absolute atomic E-state index is 0.498. The van der Waals surface area contributed by atoms with E-state index in [9.17, 15) is 0 Å². The Morgan fingerprint density at radius 3 is 2.94 bits per heavy atom. The van der Waals surface area contributed by atoms with Crippen molar-refractivity contribution in [2.24, 2.45) is 0 Å². The van der Waals surface area contributed by atoms with Crippen LogP contribution in [-0.2, 0) is 6.42 Å². The number of alkyl halides is 1. The molecule has 1 unspecified atom stereocenters. The van der Waals surface area contributed by atoms with Gasteiger partial charge in [-0.2, -0.15) is 10.2 Å². The maximum absolute atomic E-state index is 4.25. The molecule has 0 saturated carbocycles. The normalized spacial score (nSPS) is 12.9. The zero-order chi connectivity index (χ0) is 11.4. The van der Waals surface area contributed by atoms with Crippen LogP contribution in [0.15, 0.2) is 30.5 Å². The number of hydrogen-bond donors (Lipinski definition) is 0. The van der Waals surface area contributed by atoms with Gasteiger partial charge in [0, 0.05) is 22.0 Å². The Hall–Kier alpha value is -0.960. The number of aromatic nitrogens is 2. The molecule has 2 aromatic rings. The van der Waals surface area contributed by atoms with E-state index in [0.717, 1.165) is 12.1 Å². The molecule has 2 rings (SSSR count). The second-order valence-corrected chi connectivity index (χ2v) is 5.26. The summed E-state index contributed by atoms with van der Waals surface area (Å²) in [5.74, 6) is 0. The standard InChI is InChI=1S/C13H15BrN2/c1-2-5-11(14)8-13-12-7-4-3-6-10(12)9-15-16-13/h3-4,6-7,9,11H,2,5,8H2,1H3. The van der Waals surface area contributed by atoms with Gasteiger partial charge in [-0.15, -0.1) is 0 Å².